The minimum Gasteiger partial charge on any atom is -0.371 e. The van der Waals surface area contributed by atoms with Crippen LogP contribution in [0.3, 0.4) is 0 Å². The zero-order valence-corrected chi connectivity index (χ0v) is 16.6. The average Bonchev–Trinajstić information content (AvgIpc) is 3.34. The molecule has 0 aliphatic carbocycles. The highest BCUT2D eigenvalue weighted by molar-refractivity contribution is 7.14. The van der Waals surface area contributed by atoms with Crippen molar-refractivity contribution in [1.29, 1.82) is 0 Å². The van der Waals surface area contributed by atoms with Gasteiger partial charge in [-0.3, -0.25) is 4.68 Å². The van der Waals surface area contributed by atoms with Gasteiger partial charge >= 0.3 is 0 Å². The van der Waals surface area contributed by atoms with Crippen LogP contribution in [0, 0.1) is 6.92 Å². The molecule has 0 amide bonds. The van der Waals surface area contributed by atoms with Gasteiger partial charge in [-0.1, -0.05) is 23.5 Å². The van der Waals surface area contributed by atoms with Gasteiger partial charge in [0.2, 0.25) is 0 Å². The van der Waals surface area contributed by atoms with E-state index >= 15 is 0 Å². The van der Waals surface area contributed by atoms with Crippen molar-refractivity contribution in [2.24, 2.45) is 0 Å². The van der Waals surface area contributed by atoms with E-state index in [0.29, 0.717) is 12.1 Å². The van der Waals surface area contributed by atoms with Crippen molar-refractivity contribution in [2.75, 3.05) is 18.0 Å². The Morgan fingerprint density at radius 2 is 2.11 bits per heavy atom. The van der Waals surface area contributed by atoms with E-state index in [-0.39, 0.29) is 0 Å². The lowest BCUT2D eigenvalue weighted by atomic mass is 10.0. The Labute approximate surface area is 163 Å². The summed E-state index contributed by atoms with van der Waals surface area (Å²) >= 11 is 1.64. The third kappa shape index (κ3) is 4.51. The summed E-state index contributed by atoms with van der Waals surface area (Å²) in [5, 5.41) is 18.3. The van der Waals surface area contributed by atoms with Crippen LogP contribution in [-0.4, -0.2) is 50.1 Å². The molecule has 1 atom stereocenters. The summed E-state index contributed by atoms with van der Waals surface area (Å²) in [5.41, 5.74) is 2.43. The Hall–Kier alpha value is -2.32. The first kappa shape index (κ1) is 18.1. The van der Waals surface area contributed by atoms with E-state index in [1.807, 2.05) is 11.6 Å². The van der Waals surface area contributed by atoms with Gasteiger partial charge in [-0.15, -0.1) is 10.2 Å². The van der Waals surface area contributed by atoms with Gasteiger partial charge in [0.25, 0.3) is 0 Å². The summed E-state index contributed by atoms with van der Waals surface area (Å²) in [6.07, 6.45) is 5.64. The zero-order valence-electron chi connectivity index (χ0n) is 15.7. The molecule has 0 unspecified atom stereocenters. The molecule has 1 N–H and O–H groups in total. The number of nitrogens with zero attached hydrogens (tertiary/aromatic N) is 6. The van der Waals surface area contributed by atoms with Crippen LogP contribution < -0.4 is 10.2 Å². The molecular weight excluding hydrogens is 358 g/mol. The normalized spacial score (nSPS) is 16.6. The number of hydrogen-bond donors (Lipinski definition) is 1. The SMILES string of the molecule is Cc1nnc(-c2cccc(N3CCC(N[C@@H](C)Cn4cncn4)CC3)c2)s1. The lowest BCUT2D eigenvalue weighted by molar-refractivity contribution is 0.348. The van der Waals surface area contributed by atoms with Crippen LogP contribution in [0.1, 0.15) is 24.8 Å². The monoisotopic (exact) mass is 383 g/mol. The molecule has 3 aromatic rings. The molecule has 1 aliphatic rings. The Kier molecular flexibility index (Phi) is 5.45. The standard InChI is InChI=1S/C19H25N7S/c1-14(11-26-13-20-12-21-26)22-17-6-8-25(9-7-17)18-5-3-4-16(10-18)19-24-23-15(2)27-19/h3-5,10,12-14,17,22H,6-9,11H2,1-2H3/t14-/m0/s1. The van der Waals surface area contributed by atoms with Crippen molar-refractivity contribution in [3.05, 3.63) is 41.9 Å². The summed E-state index contributed by atoms with van der Waals surface area (Å²) < 4.78 is 1.88. The first-order valence-corrected chi connectivity index (χ1v) is 10.2. The van der Waals surface area contributed by atoms with Gasteiger partial charge in [0.15, 0.2) is 0 Å². The van der Waals surface area contributed by atoms with Crippen molar-refractivity contribution >= 4 is 17.0 Å². The molecule has 7 nitrogen and oxygen atoms in total. The van der Waals surface area contributed by atoms with Crippen LogP contribution in [0.15, 0.2) is 36.9 Å². The quantitative estimate of drug-likeness (QED) is 0.706. The molecular formula is C19H25N7S. The van der Waals surface area contributed by atoms with Crippen molar-refractivity contribution < 1.29 is 0 Å². The number of aromatic nitrogens is 5. The number of piperidine rings is 1. The molecule has 0 saturated carbocycles. The molecule has 0 bridgehead atoms. The highest BCUT2D eigenvalue weighted by Gasteiger charge is 2.21. The Balaban J connectivity index is 1.32. The minimum absolute atomic E-state index is 0.382. The summed E-state index contributed by atoms with van der Waals surface area (Å²) in [6.45, 7) is 7.18. The maximum Gasteiger partial charge on any atom is 0.147 e. The topological polar surface area (TPSA) is 71.8 Å². The van der Waals surface area contributed by atoms with Gasteiger partial charge in [-0.05, 0) is 38.8 Å². The molecule has 3 heterocycles. The number of aryl methyl sites for hydroxylation is 1. The molecule has 4 rings (SSSR count). The molecule has 2 aromatic heterocycles. The van der Waals surface area contributed by atoms with Gasteiger partial charge in [-0.2, -0.15) is 5.10 Å². The highest BCUT2D eigenvalue weighted by Crippen LogP contribution is 2.28. The third-order valence-electron chi connectivity index (χ3n) is 4.93. The van der Waals surface area contributed by atoms with E-state index in [1.54, 1.807) is 24.0 Å². The van der Waals surface area contributed by atoms with Crippen LogP contribution in [0.25, 0.3) is 10.6 Å². The summed E-state index contributed by atoms with van der Waals surface area (Å²) in [7, 11) is 0. The number of nitrogens with one attached hydrogen (secondary N) is 1. The number of benzene rings is 1. The van der Waals surface area contributed by atoms with Gasteiger partial charge in [-0.25, -0.2) is 4.98 Å². The van der Waals surface area contributed by atoms with Crippen LogP contribution >= 0.6 is 11.3 Å². The maximum absolute atomic E-state index is 4.28. The first-order valence-electron chi connectivity index (χ1n) is 9.41. The fraction of sp³-hybridized carbons (Fsp3) is 0.474. The van der Waals surface area contributed by atoms with Gasteiger partial charge in [0, 0.05) is 36.4 Å². The van der Waals surface area contributed by atoms with E-state index in [9.17, 15) is 0 Å². The van der Waals surface area contributed by atoms with E-state index in [2.05, 4.69) is 61.7 Å². The number of hydrogen-bond acceptors (Lipinski definition) is 7. The highest BCUT2D eigenvalue weighted by atomic mass is 32.1. The largest absolute Gasteiger partial charge is 0.371 e. The molecule has 27 heavy (non-hydrogen) atoms. The van der Waals surface area contributed by atoms with Gasteiger partial charge in [0.05, 0.1) is 6.54 Å². The molecule has 1 aliphatic heterocycles. The molecule has 142 valence electrons. The zero-order chi connectivity index (χ0) is 18.6. The fourth-order valence-electron chi connectivity index (χ4n) is 3.62. The predicted molar refractivity (Wildman–Crippen MR) is 108 cm³/mol. The second-order valence-electron chi connectivity index (χ2n) is 7.12. The van der Waals surface area contributed by atoms with E-state index in [4.69, 9.17) is 0 Å². The smallest absolute Gasteiger partial charge is 0.147 e. The van der Waals surface area contributed by atoms with Crippen LogP contribution in [0.2, 0.25) is 0 Å². The van der Waals surface area contributed by atoms with Crippen molar-refractivity contribution in [3.63, 3.8) is 0 Å². The molecule has 0 spiro atoms. The lowest BCUT2D eigenvalue weighted by Gasteiger charge is -2.35. The molecule has 0 radical (unpaired) electrons. The van der Waals surface area contributed by atoms with Crippen molar-refractivity contribution in [3.8, 4) is 10.6 Å². The van der Waals surface area contributed by atoms with E-state index in [1.165, 1.54) is 5.69 Å². The molecule has 8 heteroatoms. The fourth-order valence-corrected chi connectivity index (χ4v) is 4.30. The van der Waals surface area contributed by atoms with E-state index in [0.717, 1.165) is 48.1 Å². The summed E-state index contributed by atoms with van der Waals surface area (Å²) in [5.74, 6) is 0. The van der Waals surface area contributed by atoms with Crippen LogP contribution in [0.4, 0.5) is 5.69 Å². The third-order valence-corrected chi connectivity index (χ3v) is 5.81. The molecule has 1 aromatic carbocycles. The molecule has 1 saturated heterocycles. The van der Waals surface area contributed by atoms with Crippen molar-refractivity contribution in [1.82, 2.24) is 30.3 Å². The second-order valence-corrected chi connectivity index (χ2v) is 8.30. The predicted octanol–water partition coefficient (Wildman–Crippen LogP) is 2.75. The minimum atomic E-state index is 0.382. The van der Waals surface area contributed by atoms with Crippen molar-refractivity contribution in [2.45, 2.75) is 45.3 Å². The van der Waals surface area contributed by atoms with E-state index < -0.39 is 0 Å². The van der Waals surface area contributed by atoms with Crippen LogP contribution in [0.5, 0.6) is 0 Å². The van der Waals surface area contributed by atoms with Crippen LogP contribution in [-0.2, 0) is 6.54 Å². The molecule has 1 fully saturated rings. The second kappa shape index (κ2) is 8.14. The summed E-state index contributed by atoms with van der Waals surface area (Å²) in [6, 6.07) is 9.59. The lowest BCUT2D eigenvalue weighted by Crippen LogP contribution is -2.46. The first-order chi connectivity index (χ1) is 13.2. The Morgan fingerprint density at radius 1 is 1.26 bits per heavy atom. The average molecular weight is 384 g/mol. The Morgan fingerprint density at radius 3 is 2.81 bits per heavy atom. The number of anilines is 1. The van der Waals surface area contributed by atoms with Gasteiger partial charge in [0.1, 0.15) is 22.7 Å². The Bertz CT molecular complexity index is 853. The number of rotatable bonds is 6. The van der Waals surface area contributed by atoms with Gasteiger partial charge < -0.3 is 10.2 Å². The summed E-state index contributed by atoms with van der Waals surface area (Å²) in [4.78, 5) is 6.48. The maximum atomic E-state index is 4.28.